The molecular formula is C11H22N2S. The van der Waals surface area contributed by atoms with Crippen LogP contribution in [-0.4, -0.2) is 30.1 Å². The predicted octanol–water partition coefficient (Wildman–Crippen LogP) is 1.60. The molecule has 0 amide bonds. The van der Waals surface area contributed by atoms with E-state index in [0.717, 1.165) is 12.5 Å². The van der Waals surface area contributed by atoms with E-state index in [1.54, 1.807) is 0 Å². The molecule has 82 valence electrons. The summed E-state index contributed by atoms with van der Waals surface area (Å²) >= 11 is 2.04. The molecule has 1 saturated heterocycles. The van der Waals surface area contributed by atoms with Gasteiger partial charge < -0.3 is 11.1 Å². The summed E-state index contributed by atoms with van der Waals surface area (Å²) in [6.45, 7) is 1.98. The first kappa shape index (κ1) is 10.8. The standard InChI is InChI=1S/C11H22N2S/c12-8-11(5-7-14-9-11)13-6-1-2-10-3-4-10/h10,13H,1-9,12H2. The van der Waals surface area contributed by atoms with E-state index in [1.807, 2.05) is 11.8 Å². The van der Waals surface area contributed by atoms with Crippen LogP contribution in [-0.2, 0) is 0 Å². The monoisotopic (exact) mass is 214 g/mol. The zero-order valence-corrected chi connectivity index (χ0v) is 9.74. The van der Waals surface area contributed by atoms with Gasteiger partial charge in [-0.2, -0.15) is 11.8 Å². The van der Waals surface area contributed by atoms with E-state index in [2.05, 4.69) is 5.32 Å². The van der Waals surface area contributed by atoms with E-state index < -0.39 is 0 Å². The molecule has 2 rings (SSSR count). The van der Waals surface area contributed by atoms with Crippen LogP contribution in [0.25, 0.3) is 0 Å². The van der Waals surface area contributed by atoms with Crippen molar-refractivity contribution in [2.45, 2.75) is 37.6 Å². The Morgan fingerprint density at radius 1 is 1.43 bits per heavy atom. The van der Waals surface area contributed by atoms with Crippen molar-refractivity contribution in [3.05, 3.63) is 0 Å². The van der Waals surface area contributed by atoms with Crippen LogP contribution < -0.4 is 11.1 Å². The number of hydrogen-bond donors (Lipinski definition) is 2. The fraction of sp³-hybridized carbons (Fsp3) is 1.00. The van der Waals surface area contributed by atoms with Crippen LogP contribution in [0.2, 0.25) is 0 Å². The SMILES string of the molecule is NCC1(NCCCC2CC2)CCSC1. The minimum Gasteiger partial charge on any atom is -0.329 e. The molecule has 3 N–H and O–H groups in total. The van der Waals surface area contributed by atoms with Crippen molar-refractivity contribution in [2.24, 2.45) is 11.7 Å². The average molecular weight is 214 g/mol. The molecule has 1 aliphatic heterocycles. The Morgan fingerprint density at radius 3 is 2.86 bits per heavy atom. The van der Waals surface area contributed by atoms with Gasteiger partial charge in [0.05, 0.1) is 0 Å². The quantitative estimate of drug-likeness (QED) is 0.660. The highest BCUT2D eigenvalue weighted by molar-refractivity contribution is 7.99. The van der Waals surface area contributed by atoms with Crippen LogP contribution in [0.4, 0.5) is 0 Å². The maximum atomic E-state index is 5.85. The molecule has 1 unspecified atom stereocenters. The second-order valence-corrected chi connectivity index (χ2v) is 5.90. The molecular weight excluding hydrogens is 192 g/mol. The van der Waals surface area contributed by atoms with Gasteiger partial charge in [-0.05, 0) is 37.5 Å². The van der Waals surface area contributed by atoms with Crippen LogP contribution in [0.15, 0.2) is 0 Å². The molecule has 1 atom stereocenters. The summed E-state index contributed by atoms with van der Waals surface area (Å²) in [6.07, 6.45) is 7.01. The van der Waals surface area contributed by atoms with E-state index in [9.17, 15) is 0 Å². The second kappa shape index (κ2) is 4.86. The molecule has 1 saturated carbocycles. The molecule has 2 aliphatic rings. The van der Waals surface area contributed by atoms with Gasteiger partial charge in [0, 0.05) is 17.8 Å². The third-order valence-electron chi connectivity index (χ3n) is 3.48. The first-order valence-corrected chi connectivity index (χ1v) is 7.03. The number of nitrogens with two attached hydrogens (primary N) is 1. The molecule has 14 heavy (non-hydrogen) atoms. The van der Waals surface area contributed by atoms with E-state index in [4.69, 9.17) is 5.73 Å². The van der Waals surface area contributed by atoms with Gasteiger partial charge in [0.1, 0.15) is 0 Å². The van der Waals surface area contributed by atoms with Crippen LogP contribution >= 0.6 is 11.8 Å². The van der Waals surface area contributed by atoms with Gasteiger partial charge in [0.25, 0.3) is 0 Å². The van der Waals surface area contributed by atoms with Crippen LogP contribution in [0.3, 0.4) is 0 Å². The van der Waals surface area contributed by atoms with Crippen molar-refractivity contribution in [3.8, 4) is 0 Å². The molecule has 0 spiro atoms. The highest BCUT2D eigenvalue weighted by atomic mass is 32.2. The maximum Gasteiger partial charge on any atom is 0.0403 e. The van der Waals surface area contributed by atoms with E-state index in [-0.39, 0.29) is 5.54 Å². The van der Waals surface area contributed by atoms with Gasteiger partial charge in [0.2, 0.25) is 0 Å². The van der Waals surface area contributed by atoms with Gasteiger partial charge in [-0.15, -0.1) is 0 Å². The molecule has 3 heteroatoms. The summed E-state index contributed by atoms with van der Waals surface area (Å²) in [4.78, 5) is 0. The Balaban J connectivity index is 1.61. The Morgan fingerprint density at radius 2 is 2.29 bits per heavy atom. The lowest BCUT2D eigenvalue weighted by Crippen LogP contribution is -2.51. The summed E-state index contributed by atoms with van der Waals surface area (Å²) in [5.41, 5.74) is 6.13. The normalized spacial score (nSPS) is 32.4. The van der Waals surface area contributed by atoms with Crippen molar-refractivity contribution < 1.29 is 0 Å². The van der Waals surface area contributed by atoms with Gasteiger partial charge >= 0.3 is 0 Å². The highest BCUT2D eigenvalue weighted by Crippen LogP contribution is 2.33. The molecule has 2 nitrogen and oxygen atoms in total. The van der Waals surface area contributed by atoms with Crippen molar-refractivity contribution >= 4 is 11.8 Å². The average Bonchev–Trinajstić information content (AvgIpc) is 2.92. The van der Waals surface area contributed by atoms with Crippen molar-refractivity contribution in [1.82, 2.24) is 5.32 Å². The fourth-order valence-electron chi connectivity index (χ4n) is 2.13. The zero-order valence-electron chi connectivity index (χ0n) is 8.93. The molecule has 1 aliphatic carbocycles. The first-order valence-electron chi connectivity index (χ1n) is 5.87. The highest BCUT2D eigenvalue weighted by Gasteiger charge is 2.32. The van der Waals surface area contributed by atoms with Gasteiger partial charge in [-0.1, -0.05) is 12.8 Å². The molecule has 0 bridgehead atoms. The Hall–Kier alpha value is 0.270. The van der Waals surface area contributed by atoms with Gasteiger partial charge in [0.15, 0.2) is 0 Å². The van der Waals surface area contributed by atoms with Crippen LogP contribution in [0.1, 0.15) is 32.1 Å². The van der Waals surface area contributed by atoms with Crippen molar-refractivity contribution in [1.29, 1.82) is 0 Å². The summed E-state index contributed by atoms with van der Waals surface area (Å²) in [6, 6.07) is 0. The van der Waals surface area contributed by atoms with Crippen molar-refractivity contribution in [2.75, 3.05) is 24.6 Å². The van der Waals surface area contributed by atoms with E-state index in [1.165, 1.54) is 50.2 Å². The molecule has 0 radical (unpaired) electrons. The third kappa shape index (κ3) is 2.88. The summed E-state index contributed by atoms with van der Waals surface area (Å²) in [5.74, 6) is 3.57. The molecule has 0 aromatic heterocycles. The first-order chi connectivity index (χ1) is 6.85. The van der Waals surface area contributed by atoms with Gasteiger partial charge in [-0.25, -0.2) is 0 Å². The fourth-order valence-corrected chi connectivity index (χ4v) is 3.57. The largest absolute Gasteiger partial charge is 0.329 e. The maximum absolute atomic E-state index is 5.85. The Labute approximate surface area is 91.4 Å². The minimum atomic E-state index is 0.286. The van der Waals surface area contributed by atoms with Crippen molar-refractivity contribution in [3.63, 3.8) is 0 Å². The molecule has 0 aromatic rings. The predicted molar refractivity (Wildman–Crippen MR) is 63.7 cm³/mol. The lowest BCUT2D eigenvalue weighted by molar-refractivity contribution is 0.367. The van der Waals surface area contributed by atoms with Crippen LogP contribution in [0, 0.1) is 5.92 Å². The molecule has 2 fully saturated rings. The molecule has 0 aromatic carbocycles. The number of hydrogen-bond acceptors (Lipinski definition) is 3. The summed E-state index contributed by atoms with van der Waals surface area (Å²) in [5, 5.41) is 3.68. The zero-order chi connectivity index (χ0) is 9.86. The topological polar surface area (TPSA) is 38.0 Å². The number of thioether (sulfide) groups is 1. The second-order valence-electron chi connectivity index (χ2n) is 4.80. The Bertz CT molecular complexity index is 174. The van der Waals surface area contributed by atoms with E-state index in [0.29, 0.717) is 0 Å². The summed E-state index contributed by atoms with van der Waals surface area (Å²) < 4.78 is 0. The Kier molecular flexibility index (Phi) is 3.74. The lowest BCUT2D eigenvalue weighted by atomic mass is 9.99. The van der Waals surface area contributed by atoms with Gasteiger partial charge in [-0.3, -0.25) is 0 Å². The summed E-state index contributed by atoms with van der Waals surface area (Å²) in [7, 11) is 0. The smallest absolute Gasteiger partial charge is 0.0403 e. The third-order valence-corrected chi connectivity index (χ3v) is 4.73. The minimum absolute atomic E-state index is 0.286. The number of nitrogens with one attached hydrogen (secondary N) is 1. The lowest BCUT2D eigenvalue weighted by Gasteiger charge is -2.28. The van der Waals surface area contributed by atoms with E-state index >= 15 is 0 Å². The molecule has 1 heterocycles. The number of rotatable bonds is 6. The van der Waals surface area contributed by atoms with Crippen LogP contribution in [0.5, 0.6) is 0 Å².